The first-order valence-electron chi connectivity index (χ1n) is 0.847. The molecule has 0 aliphatic heterocycles. The first-order valence-corrected chi connectivity index (χ1v) is 3.29. The molecule has 0 aliphatic carbocycles. The van der Waals surface area contributed by atoms with Gasteiger partial charge in [0.05, 0.1) is 5.37 Å². The number of hydrogen-bond donors (Lipinski definition) is 4. The van der Waals surface area contributed by atoms with Gasteiger partial charge in [0.25, 0.3) is 0 Å². The topological polar surface area (TPSA) is 40.5 Å². The minimum absolute atomic E-state index is 1.51. The molecule has 0 aliphatic rings. The van der Waals surface area contributed by atoms with Crippen LogP contribution in [0.3, 0.4) is 0 Å². The molecule has 0 spiro atoms. The maximum atomic E-state index is 7.93. The Bertz CT molecular complexity index is 78.8. The molecule has 0 saturated carbocycles. The van der Waals surface area contributed by atoms with Crippen LogP contribution in [0.25, 0.3) is 0 Å². The van der Waals surface area contributed by atoms with Crippen molar-refractivity contribution in [2.24, 2.45) is 0 Å². The van der Waals surface area contributed by atoms with Gasteiger partial charge < -0.3 is 9.66 Å². The van der Waals surface area contributed by atoms with Crippen LogP contribution in [0.1, 0.15) is 0 Å². The van der Waals surface area contributed by atoms with E-state index in [9.17, 15) is 0 Å². The second kappa shape index (κ2) is 2.63. The highest BCUT2D eigenvalue weighted by molar-refractivity contribution is 8.70. The van der Waals surface area contributed by atoms with E-state index in [2.05, 4.69) is 11.7 Å². The standard InChI is InChI=1S/CH4O2S2/c2-1-5(3)4/h2-5H. The third-order valence-corrected chi connectivity index (χ3v) is 0.537. The van der Waals surface area contributed by atoms with E-state index in [0.29, 0.717) is 0 Å². The van der Waals surface area contributed by atoms with Crippen LogP contribution >= 0.6 is 21.3 Å². The van der Waals surface area contributed by atoms with Gasteiger partial charge in [-0.1, -0.05) is 11.7 Å². The Balaban J connectivity index is 3.42. The molecule has 4 heteroatoms. The lowest BCUT2D eigenvalue weighted by atomic mass is 11.8. The van der Waals surface area contributed by atoms with Crippen LogP contribution in [-0.4, -0.2) is 9.66 Å². The van der Waals surface area contributed by atoms with E-state index in [4.69, 9.17) is 9.66 Å². The molecular formula is CH4O2S2. The second-order valence-electron chi connectivity index (χ2n) is 0.389. The van der Waals surface area contributed by atoms with Crippen molar-refractivity contribution in [3.8, 4) is 5.37 Å². The van der Waals surface area contributed by atoms with Gasteiger partial charge in [-0.3, -0.25) is 0 Å². The van der Waals surface area contributed by atoms with Gasteiger partial charge in [-0.25, -0.2) is 0 Å². The molecule has 5 heavy (non-hydrogen) atoms. The summed E-state index contributed by atoms with van der Waals surface area (Å²) >= 11 is 3.36. The van der Waals surface area contributed by atoms with E-state index in [1.807, 2.05) is 0 Å². The Kier molecular flexibility index (Phi) is 2.84. The Morgan fingerprint density at radius 3 is 2.00 bits per heavy atom. The predicted octanol–water partition coefficient (Wildman–Crippen LogP) is 0.595. The van der Waals surface area contributed by atoms with E-state index >= 15 is 0 Å². The average molecular weight is 112 g/mol. The van der Waals surface area contributed by atoms with Crippen molar-refractivity contribution in [2.75, 3.05) is 0 Å². The van der Waals surface area contributed by atoms with Crippen LogP contribution in [0.15, 0.2) is 0 Å². The SMILES string of the molecule is OC#[SH](O)S. The molecule has 2 N–H and O–H groups in total. The fourth-order valence-electron chi connectivity index (χ4n) is 0. The molecule has 0 heterocycles. The maximum Gasteiger partial charge on any atom is 0.0557 e. The van der Waals surface area contributed by atoms with Gasteiger partial charge in [0.2, 0.25) is 0 Å². The molecule has 1 unspecified atom stereocenters. The fourth-order valence-corrected chi connectivity index (χ4v) is 0. The van der Waals surface area contributed by atoms with Crippen LogP contribution in [0.2, 0.25) is 0 Å². The molecule has 0 saturated heterocycles. The van der Waals surface area contributed by atoms with Crippen LogP contribution in [0.4, 0.5) is 0 Å². The summed E-state index contributed by atoms with van der Waals surface area (Å²) < 4.78 is 7.93. The third-order valence-electron chi connectivity index (χ3n) is 0.0894. The Morgan fingerprint density at radius 1 is 1.80 bits per heavy atom. The minimum atomic E-state index is -1.60. The molecule has 0 aromatic rings. The zero-order valence-electron chi connectivity index (χ0n) is 2.29. The molecule has 1 atom stereocenters. The van der Waals surface area contributed by atoms with E-state index in [0.717, 1.165) is 0 Å². The zero-order valence-corrected chi connectivity index (χ0v) is 4.08. The fraction of sp³-hybridized carbons (Fsp3) is 0. The van der Waals surface area contributed by atoms with Gasteiger partial charge in [-0.15, -0.1) is 0 Å². The highest BCUT2D eigenvalue weighted by Gasteiger charge is 1.51. The average Bonchev–Trinajstić information content (AvgIpc) is 1.38. The molecular weight excluding hydrogens is 108 g/mol. The van der Waals surface area contributed by atoms with Crippen molar-refractivity contribution >= 4 is 21.3 Å². The largest absolute Gasteiger partial charge is 0.332 e. The van der Waals surface area contributed by atoms with Gasteiger partial charge in [-0.05, 0) is 9.62 Å². The summed E-state index contributed by atoms with van der Waals surface area (Å²) in [4.78, 5) is 0. The minimum Gasteiger partial charge on any atom is -0.332 e. The van der Waals surface area contributed by atoms with Crippen LogP contribution in [0, 0.1) is 5.37 Å². The Morgan fingerprint density at radius 2 is 2.00 bits per heavy atom. The van der Waals surface area contributed by atoms with Crippen LogP contribution < -0.4 is 0 Å². The molecule has 0 aromatic heterocycles. The Labute approximate surface area is 37.0 Å². The summed E-state index contributed by atoms with van der Waals surface area (Å²) in [5, 5.41) is 9.11. The predicted molar refractivity (Wildman–Crippen MR) is 26.4 cm³/mol. The summed E-state index contributed by atoms with van der Waals surface area (Å²) in [5.41, 5.74) is 0. The van der Waals surface area contributed by atoms with Crippen molar-refractivity contribution in [1.82, 2.24) is 0 Å². The quantitative estimate of drug-likeness (QED) is 0.274. The molecule has 0 radical (unpaired) electrons. The number of rotatable bonds is 0. The summed E-state index contributed by atoms with van der Waals surface area (Å²) in [6, 6.07) is 0. The van der Waals surface area contributed by atoms with Gasteiger partial charge in [-0.2, -0.15) is 0 Å². The van der Waals surface area contributed by atoms with Gasteiger partial charge in [0.15, 0.2) is 0 Å². The molecule has 0 bridgehead atoms. The normalized spacial score (nSPS) is 13.4. The van der Waals surface area contributed by atoms with E-state index in [1.165, 1.54) is 5.37 Å². The van der Waals surface area contributed by atoms with Crippen molar-refractivity contribution in [1.29, 1.82) is 0 Å². The first kappa shape index (κ1) is 5.40. The first-order chi connectivity index (χ1) is 2.27. The second-order valence-corrected chi connectivity index (χ2v) is 2.30. The van der Waals surface area contributed by atoms with E-state index in [1.54, 1.807) is 0 Å². The van der Waals surface area contributed by atoms with Crippen molar-refractivity contribution in [3.05, 3.63) is 0 Å². The lowest BCUT2D eigenvalue weighted by molar-refractivity contribution is 0.519. The van der Waals surface area contributed by atoms with Gasteiger partial charge >= 0.3 is 0 Å². The number of aliphatic hydroxyl groups excluding tert-OH is 1. The highest BCUT2D eigenvalue weighted by atomic mass is 33.1. The summed E-state index contributed by atoms with van der Waals surface area (Å²) in [6.45, 7) is 0. The number of aliphatic hydroxyl groups is 1. The lowest BCUT2D eigenvalue weighted by Crippen LogP contribution is -1.40. The van der Waals surface area contributed by atoms with Gasteiger partial charge in [0, 0.05) is 0 Å². The lowest BCUT2D eigenvalue weighted by Gasteiger charge is -1.70. The summed E-state index contributed by atoms with van der Waals surface area (Å²) in [5.74, 6) is 0. The van der Waals surface area contributed by atoms with Gasteiger partial charge in [0.1, 0.15) is 0 Å². The maximum absolute atomic E-state index is 7.93. The number of thiol groups is 2. The molecule has 0 aromatic carbocycles. The molecule has 0 amide bonds. The zero-order chi connectivity index (χ0) is 4.28. The van der Waals surface area contributed by atoms with E-state index < -0.39 is 9.62 Å². The van der Waals surface area contributed by atoms with Crippen molar-refractivity contribution in [3.63, 3.8) is 0 Å². The molecule has 2 nitrogen and oxygen atoms in total. The molecule has 32 valence electrons. The molecule has 0 fully saturated rings. The van der Waals surface area contributed by atoms with Crippen molar-refractivity contribution < 1.29 is 9.66 Å². The van der Waals surface area contributed by atoms with E-state index in [-0.39, 0.29) is 0 Å². The smallest absolute Gasteiger partial charge is 0.0557 e. The Hall–Kier alpha value is 0.400. The van der Waals surface area contributed by atoms with Crippen molar-refractivity contribution in [2.45, 2.75) is 0 Å². The monoisotopic (exact) mass is 112 g/mol. The summed E-state index contributed by atoms with van der Waals surface area (Å²) in [7, 11) is -1.60. The van der Waals surface area contributed by atoms with Crippen LogP contribution in [0.5, 0.6) is 0 Å². The highest BCUT2D eigenvalue weighted by Crippen LogP contribution is 2.02. The summed E-state index contributed by atoms with van der Waals surface area (Å²) in [6.07, 6.45) is 0. The van der Waals surface area contributed by atoms with Crippen LogP contribution in [-0.2, 0) is 0 Å². The third kappa shape index (κ3) is 4.40. The number of hydrogen-bond acceptors (Lipinski definition) is 3. The molecule has 0 rings (SSSR count).